The van der Waals surface area contributed by atoms with Gasteiger partial charge in [-0.3, -0.25) is 0 Å². The van der Waals surface area contributed by atoms with Gasteiger partial charge >= 0.3 is 0 Å². The number of fused-ring (bicyclic) bond motifs is 1. The molecule has 3 aromatic rings. The van der Waals surface area contributed by atoms with Gasteiger partial charge in [-0.2, -0.15) is 0 Å². The minimum atomic E-state index is 0.283. The lowest BCUT2D eigenvalue weighted by atomic mass is 9.96. The van der Waals surface area contributed by atoms with Crippen molar-refractivity contribution in [2.45, 2.75) is 32.2 Å². The van der Waals surface area contributed by atoms with E-state index in [0.29, 0.717) is 12.0 Å². The van der Waals surface area contributed by atoms with Gasteiger partial charge in [0.25, 0.3) is 0 Å². The van der Waals surface area contributed by atoms with E-state index in [1.54, 1.807) is 12.1 Å². The normalized spacial score (nSPS) is 20.7. The van der Waals surface area contributed by atoms with Crippen molar-refractivity contribution in [2.75, 3.05) is 11.4 Å². The largest absolute Gasteiger partial charge is 0.508 e. The van der Waals surface area contributed by atoms with Crippen LogP contribution in [0.15, 0.2) is 54.6 Å². The fraction of sp³-hybridized carbons (Fsp3) is 0.286. The predicted octanol–water partition coefficient (Wildman–Crippen LogP) is 4.63. The molecule has 3 heteroatoms. The van der Waals surface area contributed by atoms with Crippen LogP contribution in [0.1, 0.15) is 30.4 Å². The Morgan fingerprint density at radius 2 is 1.83 bits per heavy atom. The van der Waals surface area contributed by atoms with Crippen molar-refractivity contribution in [2.24, 2.45) is 0 Å². The maximum absolute atomic E-state index is 9.60. The highest BCUT2D eigenvalue weighted by atomic mass is 16.3. The van der Waals surface area contributed by atoms with Crippen LogP contribution in [-0.2, 0) is 0 Å². The van der Waals surface area contributed by atoms with E-state index in [-0.39, 0.29) is 5.75 Å². The summed E-state index contributed by atoms with van der Waals surface area (Å²) in [5.41, 5.74) is 3.65. The number of nitrogens with zero attached hydrogens (tertiary/aromatic N) is 2. The van der Waals surface area contributed by atoms with Crippen LogP contribution in [0.2, 0.25) is 0 Å². The quantitative estimate of drug-likeness (QED) is 0.748. The summed E-state index contributed by atoms with van der Waals surface area (Å²) in [6.45, 7) is 5.40. The van der Waals surface area contributed by atoms with Gasteiger partial charge in [0.1, 0.15) is 11.6 Å². The zero-order valence-corrected chi connectivity index (χ0v) is 14.1. The molecule has 1 aliphatic rings. The first kappa shape index (κ1) is 15.0. The van der Waals surface area contributed by atoms with Crippen LogP contribution in [0.3, 0.4) is 0 Å². The minimum absolute atomic E-state index is 0.283. The first-order valence-corrected chi connectivity index (χ1v) is 8.53. The molecule has 2 atom stereocenters. The molecule has 1 aromatic heterocycles. The smallest absolute Gasteiger partial charge is 0.129 e. The molecule has 0 bridgehead atoms. The molecule has 2 unspecified atom stereocenters. The molecule has 24 heavy (non-hydrogen) atoms. The Morgan fingerprint density at radius 3 is 2.62 bits per heavy atom. The third kappa shape index (κ3) is 2.71. The minimum Gasteiger partial charge on any atom is -0.508 e. The predicted molar refractivity (Wildman–Crippen MR) is 98.8 cm³/mol. The SMILES string of the molecule is Cc1ccc(C2CC(C)N(c3ccc4cc(O)ccc4n3)C2)cc1. The number of rotatable bonds is 2. The van der Waals surface area contributed by atoms with Gasteiger partial charge in [0.05, 0.1) is 5.52 Å². The Balaban J connectivity index is 1.62. The topological polar surface area (TPSA) is 36.4 Å². The van der Waals surface area contributed by atoms with E-state index in [1.165, 1.54) is 11.1 Å². The lowest BCUT2D eigenvalue weighted by molar-refractivity contribution is 0.476. The van der Waals surface area contributed by atoms with Crippen LogP contribution >= 0.6 is 0 Å². The average molecular weight is 318 g/mol. The zero-order valence-electron chi connectivity index (χ0n) is 14.1. The summed E-state index contributed by atoms with van der Waals surface area (Å²) in [7, 11) is 0. The molecule has 1 fully saturated rings. The van der Waals surface area contributed by atoms with Gasteiger partial charge in [-0.1, -0.05) is 29.8 Å². The maximum atomic E-state index is 9.60. The zero-order chi connectivity index (χ0) is 16.7. The van der Waals surface area contributed by atoms with Crippen molar-refractivity contribution < 1.29 is 5.11 Å². The molecule has 1 N–H and O–H groups in total. The molecule has 122 valence electrons. The van der Waals surface area contributed by atoms with Gasteiger partial charge in [0.2, 0.25) is 0 Å². The fourth-order valence-electron chi connectivity index (χ4n) is 3.69. The molecule has 0 amide bonds. The number of aryl methyl sites for hydroxylation is 1. The lowest BCUT2D eigenvalue weighted by Crippen LogP contribution is -2.27. The highest BCUT2D eigenvalue weighted by Crippen LogP contribution is 2.35. The molecule has 0 aliphatic carbocycles. The standard InChI is InChI=1S/C21H22N2O/c1-14-3-5-16(6-4-14)18-11-15(2)23(13-18)21-10-7-17-12-19(24)8-9-20(17)22-21/h3-10,12,15,18,24H,11,13H2,1-2H3. The summed E-state index contributed by atoms with van der Waals surface area (Å²) in [6, 6.07) is 18.8. The van der Waals surface area contributed by atoms with Gasteiger partial charge in [0.15, 0.2) is 0 Å². The number of benzene rings is 2. The van der Waals surface area contributed by atoms with Crippen LogP contribution in [0.25, 0.3) is 10.9 Å². The fourth-order valence-corrected chi connectivity index (χ4v) is 3.69. The first-order chi connectivity index (χ1) is 11.6. The Labute approximate surface area is 142 Å². The number of phenolic OH excluding ortho intramolecular Hbond substituents is 1. The average Bonchev–Trinajstić information content (AvgIpc) is 2.97. The van der Waals surface area contributed by atoms with Gasteiger partial charge in [0, 0.05) is 23.9 Å². The number of pyridine rings is 1. The lowest BCUT2D eigenvalue weighted by Gasteiger charge is -2.23. The summed E-state index contributed by atoms with van der Waals surface area (Å²) in [5, 5.41) is 10.6. The van der Waals surface area contributed by atoms with E-state index < -0.39 is 0 Å². The summed E-state index contributed by atoms with van der Waals surface area (Å²) < 4.78 is 0. The number of anilines is 1. The van der Waals surface area contributed by atoms with Crippen molar-refractivity contribution in [3.8, 4) is 5.75 Å². The van der Waals surface area contributed by atoms with E-state index in [1.807, 2.05) is 12.1 Å². The van der Waals surface area contributed by atoms with Gasteiger partial charge in [-0.15, -0.1) is 0 Å². The summed E-state index contributed by atoms with van der Waals surface area (Å²) in [6.07, 6.45) is 1.15. The number of hydrogen-bond acceptors (Lipinski definition) is 3. The van der Waals surface area contributed by atoms with Crippen molar-refractivity contribution >= 4 is 16.7 Å². The van der Waals surface area contributed by atoms with Crippen LogP contribution in [0, 0.1) is 6.92 Å². The Kier molecular flexibility index (Phi) is 3.64. The second-order valence-corrected chi connectivity index (χ2v) is 6.89. The molecular formula is C21H22N2O. The molecule has 1 saturated heterocycles. The third-order valence-electron chi connectivity index (χ3n) is 5.08. The second-order valence-electron chi connectivity index (χ2n) is 6.89. The van der Waals surface area contributed by atoms with Gasteiger partial charge in [-0.25, -0.2) is 4.98 Å². The Morgan fingerprint density at radius 1 is 1.04 bits per heavy atom. The van der Waals surface area contributed by atoms with Gasteiger partial charge in [-0.05, 0) is 56.2 Å². The number of hydrogen-bond donors (Lipinski definition) is 1. The molecule has 0 saturated carbocycles. The van der Waals surface area contributed by atoms with Gasteiger partial charge < -0.3 is 10.0 Å². The van der Waals surface area contributed by atoms with Crippen molar-refractivity contribution in [1.82, 2.24) is 4.98 Å². The van der Waals surface area contributed by atoms with E-state index in [2.05, 4.69) is 49.1 Å². The van der Waals surface area contributed by atoms with Crippen LogP contribution in [0.4, 0.5) is 5.82 Å². The molecule has 0 radical (unpaired) electrons. The Hall–Kier alpha value is -2.55. The third-order valence-corrected chi connectivity index (χ3v) is 5.08. The molecule has 4 rings (SSSR count). The highest BCUT2D eigenvalue weighted by Gasteiger charge is 2.30. The molecule has 3 nitrogen and oxygen atoms in total. The monoisotopic (exact) mass is 318 g/mol. The van der Waals surface area contributed by atoms with Crippen LogP contribution in [-0.4, -0.2) is 22.7 Å². The summed E-state index contributed by atoms with van der Waals surface area (Å²) in [5.74, 6) is 1.86. The van der Waals surface area contributed by atoms with Crippen molar-refractivity contribution in [1.29, 1.82) is 0 Å². The van der Waals surface area contributed by atoms with Crippen LogP contribution < -0.4 is 4.90 Å². The highest BCUT2D eigenvalue weighted by molar-refractivity contribution is 5.81. The summed E-state index contributed by atoms with van der Waals surface area (Å²) in [4.78, 5) is 7.21. The second kappa shape index (κ2) is 5.82. The summed E-state index contributed by atoms with van der Waals surface area (Å²) >= 11 is 0. The van der Waals surface area contributed by atoms with E-state index in [4.69, 9.17) is 4.98 Å². The number of phenols is 1. The first-order valence-electron chi connectivity index (χ1n) is 8.53. The van der Waals surface area contributed by atoms with Crippen molar-refractivity contribution in [3.63, 3.8) is 0 Å². The molecule has 2 aromatic carbocycles. The molecule has 1 aliphatic heterocycles. The maximum Gasteiger partial charge on any atom is 0.129 e. The molecule has 0 spiro atoms. The van der Waals surface area contributed by atoms with E-state index in [0.717, 1.165) is 29.7 Å². The van der Waals surface area contributed by atoms with Crippen molar-refractivity contribution in [3.05, 3.63) is 65.7 Å². The molecular weight excluding hydrogens is 296 g/mol. The number of aromatic nitrogens is 1. The van der Waals surface area contributed by atoms with E-state index in [9.17, 15) is 5.11 Å². The van der Waals surface area contributed by atoms with E-state index >= 15 is 0 Å². The Bertz CT molecular complexity index is 873. The molecule has 2 heterocycles. The number of aromatic hydroxyl groups is 1. The van der Waals surface area contributed by atoms with Crippen LogP contribution in [0.5, 0.6) is 5.75 Å².